The molecule has 4 aliphatic carbocycles. The Balaban J connectivity index is 1.23. The van der Waals surface area contributed by atoms with Crippen molar-refractivity contribution in [3.05, 3.63) is 35.6 Å². The molecule has 1 aromatic carbocycles. The molecule has 2 unspecified atom stereocenters. The number of alkyl halides is 1. The van der Waals surface area contributed by atoms with Crippen LogP contribution in [-0.4, -0.2) is 29.1 Å². The van der Waals surface area contributed by atoms with Crippen molar-refractivity contribution in [2.24, 2.45) is 17.3 Å². The van der Waals surface area contributed by atoms with Crippen LogP contribution < -0.4 is 16.2 Å². The highest BCUT2D eigenvalue weighted by Gasteiger charge is 2.60. The molecule has 0 aliphatic heterocycles. The van der Waals surface area contributed by atoms with Crippen molar-refractivity contribution in [2.75, 3.05) is 6.54 Å². The predicted molar refractivity (Wildman–Crippen MR) is 105 cm³/mol. The first kappa shape index (κ1) is 20.1. The van der Waals surface area contributed by atoms with E-state index in [1.165, 1.54) is 24.3 Å². The number of hydrogen-bond donors (Lipinski definition) is 3. The Labute approximate surface area is 173 Å². The van der Waals surface area contributed by atoms with E-state index in [1.54, 1.807) is 0 Å². The number of benzene rings is 1. The van der Waals surface area contributed by atoms with Crippen molar-refractivity contribution in [1.82, 2.24) is 16.2 Å². The highest BCUT2D eigenvalue weighted by molar-refractivity contribution is 6.24. The Kier molecular flexibility index (Phi) is 5.27. The van der Waals surface area contributed by atoms with Gasteiger partial charge in [0.05, 0.1) is 18.4 Å². The van der Waals surface area contributed by atoms with Crippen molar-refractivity contribution in [1.29, 1.82) is 0 Å². The van der Waals surface area contributed by atoms with Crippen LogP contribution in [-0.2, 0) is 20.8 Å². The average Bonchev–Trinajstić information content (AvgIpc) is 2.64. The van der Waals surface area contributed by atoms with Gasteiger partial charge in [-0.15, -0.1) is 11.6 Å². The lowest BCUT2D eigenvalue weighted by Gasteiger charge is -2.59. The van der Waals surface area contributed by atoms with Gasteiger partial charge in [-0.05, 0) is 68.1 Å². The highest BCUT2D eigenvalue weighted by Crippen LogP contribution is 2.63. The fourth-order valence-electron chi connectivity index (χ4n) is 5.78. The van der Waals surface area contributed by atoms with Gasteiger partial charge >= 0.3 is 0 Å². The van der Waals surface area contributed by atoms with Crippen LogP contribution in [0, 0.1) is 23.1 Å². The number of hydrazine groups is 1. The zero-order valence-corrected chi connectivity index (χ0v) is 16.9. The zero-order chi connectivity index (χ0) is 20.6. The molecule has 4 aliphatic rings. The molecule has 8 heteroatoms. The molecule has 3 amide bonds. The molecule has 6 nitrogen and oxygen atoms in total. The third-order valence-electron chi connectivity index (χ3n) is 6.50. The van der Waals surface area contributed by atoms with E-state index >= 15 is 0 Å². The minimum absolute atomic E-state index is 0.0105. The van der Waals surface area contributed by atoms with E-state index in [0.29, 0.717) is 23.8 Å². The molecule has 0 heterocycles. The normalized spacial score (nSPS) is 31.9. The van der Waals surface area contributed by atoms with Crippen LogP contribution in [0.1, 0.15) is 44.1 Å². The lowest BCUT2D eigenvalue weighted by Crippen LogP contribution is -2.59. The van der Waals surface area contributed by atoms with Gasteiger partial charge in [0.2, 0.25) is 11.8 Å². The van der Waals surface area contributed by atoms with E-state index in [9.17, 15) is 18.8 Å². The van der Waals surface area contributed by atoms with E-state index in [-0.39, 0.29) is 29.6 Å². The Bertz CT molecular complexity index is 815. The van der Waals surface area contributed by atoms with Crippen LogP contribution in [0.15, 0.2) is 24.3 Å². The van der Waals surface area contributed by atoms with Crippen molar-refractivity contribution < 1.29 is 18.8 Å². The second-order valence-electron chi connectivity index (χ2n) is 8.97. The molecular formula is C21H25ClFN3O3. The van der Waals surface area contributed by atoms with E-state index in [1.807, 2.05) is 0 Å². The van der Waals surface area contributed by atoms with E-state index < -0.39 is 17.2 Å². The monoisotopic (exact) mass is 421 g/mol. The van der Waals surface area contributed by atoms with Crippen molar-refractivity contribution in [3.63, 3.8) is 0 Å². The summed E-state index contributed by atoms with van der Waals surface area (Å²) in [6.45, 7) is -0.206. The topological polar surface area (TPSA) is 87.3 Å². The van der Waals surface area contributed by atoms with Gasteiger partial charge in [0, 0.05) is 4.87 Å². The lowest BCUT2D eigenvalue weighted by molar-refractivity contribution is -0.145. The second kappa shape index (κ2) is 7.59. The van der Waals surface area contributed by atoms with Gasteiger partial charge in [-0.1, -0.05) is 12.1 Å². The Hall–Kier alpha value is -2.15. The Morgan fingerprint density at radius 1 is 1.00 bits per heavy atom. The highest BCUT2D eigenvalue weighted by atomic mass is 35.5. The van der Waals surface area contributed by atoms with Crippen LogP contribution in [0.2, 0.25) is 0 Å². The van der Waals surface area contributed by atoms with Crippen LogP contribution in [0.25, 0.3) is 0 Å². The summed E-state index contributed by atoms with van der Waals surface area (Å²) in [6.07, 6.45) is 5.51. The summed E-state index contributed by atoms with van der Waals surface area (Å²) in [5.41, 5.74) is 4.77. The molecule has 0 saturated heterocycles. The molecular weight excluding hydrogens is 397 g/mol. The van der Waals surface area contributed by atoms with E-state index in [2.05, 4.69) is 16.2 Å². The summed E-state index contributed by atoms with van der Waals surface area (Å²) in [5.74, 6) is -0.419. The maximum absolute atomic E-state index is 12.9. The number of halogens is 2. The van der Waals surface area contributed by atoms with Crippen LogP contribution in [0.5, 0.6) is 0 Å². The number of nitrogens with one attached hydrogen (secondary N) is 3. The standard InChI is InChI=1S/C21H25ClFN3O3/c22-21-9-14-5-15(10-21)8-20(7-14,12-21)19(29)24-11-18(28)26-25-17(27)6-13-1-3-16(23)4-2-13/h1-4,14-15H,5-12H2,(H,24,29)(H,25,27)(H,26,28)/t14-,15+,20?,21?. The quantitative estimate of drug-likeness (QED) is 0.503. The van der Waals surface area contributed by atoms with Gasteiger partial charge in [-0.3, -0.25) is 25.2 Å². The van der Waals surface area contributed by atoms with E-state index in [4.69, 9.17) is 11.6 Å². The summed E-state index contributed by atoms with van der Waals surface area (Å²) >= 11 is 6.76. The molecule has 0 spiro atoms. The fourth-order valence-corrected chi connectivity index (χ4v) is 6.47. The van der Waals surface area contributed by atoms with Crippen LogP contribution in [0.3, 0.4) is 0 Å². The lowest BCUT2D eigenvalue weighted by atomic mass is 9.49. The summed E-state index contributed by atoms with van der Waals surface area (Å²) in [6, 6.07) is 5.55. The van der Waals surface area contributed by atoms with E-state index in [0.717, 1.165) is 32.1 Å². The van der Waals surface area contributed by atoms with Crippen LogP contribution in [0.4, 0.5) is 4.39 Å². The summed E-state index contributed by atoms with van der Waals surface area (Å²) in [5, 5.41) is 2.73. The Morgan fingerprint density at radius 3 is 2.24 bits per heavy atom. The fraction of sp³-hybridized carbons (Fsp3) is 0.571. The smallest absolute Gasteiger partial charge is 0.257 e. The minimum atomic E-state index is -0.504. The first-order chi connectivity index (χ1) is 13.8. The summed E-state index contributed by atoms with van der Waals surface area (Å²) in [4.78, 5) is 36.5. The van der Waals surface area contributed by atoms with Crippen molar-refractivity contribution in [2.45, 2.75) is 49.8 Å². The predicted octanol–water partition coefficient (Wildman–Crippen LogP) is 2.21. The van der Waals surface area contributed by atoms with Gasteiger partial charge < -0.3 is 5.32 Å². The third-order valence-corrected chi connectivity index (χ3v) is 6.94. The number of amides is 3. The molecule has 5 rings (SSSR count). The molecule has 29 heavy (non-hydrogen) atoms. The maximum Gasteiger partial charge on any atom is 0.257 e. The molecule has 4 saturated carbocycles. The zero-order valence-electron chi connectivity index (χ0n) is 16.1. The number of carbonyl (C=O) groups excluding carboxylic acids is 3. The molecule has 4 atom stereocenters. The van der Waals surface area contributed by atoms with Gasteiger partial charge in [0.25, 0.3) is 5.91 Å². The molecule has 1 aromatic rings. The van der Waals surface area contributed by atoms with Gasteiger partial charge in [0.1, 0.15) is 5.82 Å². The molecule has 0 aromatic heterocycles. The Morgan fingerprint density at radius 2 is 1.62 bits per heavy atom. The van der Waals surface area contributed by atoms with Crippen molar-refractivity contribution in [3.8, 4) is 0 Å². The molecule has 4 fully saturated rings. The SMILES string of the molecule is O=C(CNC(=O)C12C[C@@H]3C[C@@H](CC(Cl)(C3)C1)C2)NNC(=O)Cc1ccc(F)cc1. The largest absolute Gasteiger partial charge is 0.346 e. The number of rotatable bonds is 5. The van der Waals surface area contributed by atoms with Gasteiger partial charge in [-0.2, -0.15) is 0 Å². The van der Waals surface area contributed by atoms with Gasteiger partial charge in [0.15, 0.2) is 0 Å². The van der Waals surface area contributed by atoms with Gasteiger partial charge in [-0.25, -0.2) is 4.39 Å². The summed E-state index contributed by atoms with van der Waals surface area (Å²) < 4.78 is 12.9. The molecule has 4 bridgehead atoms. The molecule has 3 N–H and O–H groups in total. The first-order valence-electron chi connectivity index (χ1n) is 10.0. The average molecular weight is 422 g/mol. The minimum Gasteiger partial charge on any atom is -0.346 e. The summed E-state index contributed by atoms with van der Waals surface area (Å²) in [7, 11) is 0. The maximum atomic E-state index is 12.9. The molecule has 0 radical (unpaired) electrons. The van der Waals surface area contributed by atoms with Crippen LogP contribution >= 0.6 is 11.6 Å². The second-order valence-corrected chi connectivity index (χ2v) is 9.78. The first-order valence-corrected chi connectivity index (χ1v) is 10.4. The number of hydrogen-bond acceptors (Lipinski definition) is 3. The van der Waals surface area contributed by atoms with Crippen molar-refractivity contribution >= 4 is 29.3 Å². The third kappa shape index (κ3) is 4.39. The molecule has 156 valence electrons. The number of carbonyl (C=O) groups is 3.